The zero-order valence-corrected chi connectivity index (χ0v) is 15.6. The van der Waals surface area contributed by atoms with E-state index in [1.54, 1.807) is 24.5 Å². The van der Waals surface area contributed by atoms with Crippen molar-refractivity contribution in [2.45, 2.75) is 13.5 Å². The van der Waals surface area contributed by atoms with Crippen LogP contribution in [0.5, 0.6) is 0 Å². The maximum atomic E-state index is 12.5. The fourth-order valence-electron chi connectivity index (χ4n) is 2.41. The van der Waals surface area contributed by atoms with E-state index in [2.05, 4.69) is 20.6 Å². The Kier molecular flexibility index (Phi) is 6.18. The average molecular weight is 379 g/mol. The van der Waals surface area contributed by atoms with Gasteiger partial charge in [0.2, 0.25) is 5.96 Å². The van der Waals surface area contributed by atoms with Crippen LogP contribution in [0.4, 0.5) is 5.69 Å². The number of hydrogen-bond acceptors (Lipinski definition) is 3. The number of nitrogens with one attached hydrogen (secondary N) is 2. The Morgan fingerprint density at radius 3 is 2.52 bits per heavy atom. The molecule has 3 aromatic rings. The molecule has 0 bridgehead atoms. The summed E-state index contributed by atoms with van der Waals surface area (Å²) >= 11 is 6.20. The molecule has 136 valence electrons. The van der Waals surface area contributed by atoms with Gasteiger partial charge in [0.25, 0.3) is 5.91 Å². The minimum absolute atomic E-state index is 0.240. The Morgan fingerprint density at radius 1 is 1.04 bits per heavy atom. The van der Waals surface area contributed by atoms with Crippen molar-refractivity contribution in [3.63, 3.8) is 0 Å². The molecule has 0 unspecified atom stereocenters. The molecule has 6 heteroatoms. The molecule has 2 N–H and O–H groups in total. The molecule has 0 radical (unpaired) electrons. The monoisotopic (exact) mass is 378 g/mol. The smallest absolute Gasteiger partial charge is 0.257 e. The largest absolute Gasteiger partial charge is 0.326 e. The molecule has 0 spiro atoms. The van der Waals surface area contributed by atoms with Crippen LogP contribution >= 0.6 is 11.6 Å². The van der Waals surface area contributed by atoms with Crippen LogP contribution in [0.3, 0.4) is 0 Å². The molecular weight excluding hydrogens is 360 g/mol. The second-order valence-corrected chi connectivity index (χ2v) is 6.29. The number of halogens is 1. The standard InChI is InChI=1S/C21H19ClN4O/c1-15-18(22)8-5-9-19(15)25-21(24-14-16-10-12-23-13-11-16)26-20(27)17-6-3-2-4-7-17/h2-13H,14H2,1H3,(H2,24,25,26,27). The van der Waals surface area contributed by atoms with Crippen LogP contribution in [0.1, 0.15) is 21.5 Å². The minimum Gasteiger partial charge on any atom is -0.326 e. The van der Waals surface area contributed by atoms with Crippen molar-refractivity contribution >= 4 is 29.2 Å². The summed E-state index contributed by atoms with van der Waals surface area (Å²) in [5, 5.41) is 6.66. The lowest BCUT2D eigenvalue weighted by atomic mass is 10.2. The molecule has 5 nitrogen and oxygen atoms in total. The van der Waals surface area contributed by atoms with Crippen LogP contribution in [-0.2, 0) is 6.54 Å². The van der Waals surface area contributed by atoms with Crippen molar-refractivity contribution in [2.24, 2.45) is 4.99 Å². The van der Waals surface area contributed by atoms with Gasteiger partial charge < -0.3 is 5.32 Å². The summed E-state index contributed by atoms with van der Waals surface area (Å²) in [6.07, 6.45) is 3.42. The molecular formula is C21H19ClN4O. The van der Waals surface area contributed by atoms with E-state index in [1.807, 2.05) is 55.5 Å². The average Bonchev–Trinajstić information content (AvgIpc) is 2.71. The highest BCUT2D eigenvalue weighted by Gasteiger charge is 2.11. The molecule has 27 heavy (non-hydrogen) atoms. The van der Waals surface area contributed by atoms with Gasteiger partial charge in [-0.05, 0) is 54.4 Å². The molecule has 0 aliphatic carbocycles. The number of hydrogen-bond donors (Lipinski definition) is 2. The molecule has 1 amide bonds. The van der Waals surface area contributed by atoms with Gasteiger partial charge in [0, 0.05) is 28.7 Å². The number of aliphatic imine (C=N–C) groups is 1. The summed E-state index contributed by atoms with van der Waals surface area (Å²) in [7, 11) is 0. The number of nitrogens with zero attached hydrogens (tertiary/aromatic N) is 2. The van der Waals surface area contributed by atoms with E-state index in [0.717, 1.165) is 16.8 Å². The Hall–Kier alpha value is -3.18. The van der Waals surface area contributed by atoms with Crippen LogP contribution in [0.2, 0.25) is 5.02 Å². The summed E-state index contributed by atoms with van der Waals surface area (Å²) < 4.78 is 0. The second-order valence-electron chi connectivity index (χ2n) is 5.88. The van der Waals surface area contributed by atoms with E-state index in [0.29, 0.717) is 23.1 Å². The van der Waals surface area contributed by atoms with Crippen LogP contribution in [0.25, 0.3) is 0 Å². The molecule has 0 aliphatic heterocycles. The molecule has 0 fully saturated rings. The summed E-state index contributed by atoms with van der Waals surface area (Å²) in [6, 6.07) is 18.3. The van der Waals surface area contributed by atoms with Gasteiger partial charge in [-0.15, -0.1) is 0 Å². The summed E-state index contributed by atoms with van der Waals surface area (Å²) in [6.45, 7) is 2.31. The number of carbonyl (C=O) groups excluding carboxylic acids is 1. The van der Waals surface area contributed by atoms with Gasteiger partial charge >= 0.3 is 0 Å². The maximum Gasteiger partial charge on any atom is 0.257 e. The lowest BCUT2D eigenvalue weighted by molar-refractivity contribution is 0.0977. The van der Waals surface area contributed by atoms with E-state index in [9.17, 15) is 4.79 Å². The SMILES string of the molecule is Cc1c(Cl)cccc1NC(=NCc1ccncc1)NC(=O)c1ccccc1. The van der Waals surface area contributed by atoms with Gasteiger partial charge in [-0.2, -0.15) is 0 Å². The van der Waals surface area contributed by atoms with Gasteiger partial charge in [-0.1, -0.05) is 35.9 Å². The number of amides is 1. The normalized spacial score (nSPS) is 11.1. The van der Waals surface area contributed by atoms with E-state index < -0.39 is 0 Å². The van der Waals surface area contributed by atoms with Crippen LogP contribution in [0, 0.1) is 6.92 Å². The van der Waals surface area contributed by atoms with Crippen molar-refractivity contribution in [3.05, 3.63) is 94.8 Å². The Morgan fingerprint density at radius 2 is 1.78 bits per heavy atom. The Bertz CT molecular complexity index is 943. The van der Waals surface area contributed by atoms with E-state index >= 15 is 0 Å². The first-order valence-electron chi connectivity index (χ1n) is 8.45. The van der Waals surface area contributed by atoms with Crippen molar-refractivity contribution in [1.29, 1.82) is 0 Å². The highest BCUT2D eigenvalue weighted by molar-refractivity contribution is 6.31. The van der Waals surface area contributed by atoms with Gasteiger partial charge in [0.05, 0.1) is 6.54 Å². The van der Waals surface area contributed by atoms with E-state index in [4.69, 9.17) is 11.6 Å². The highest BCUT2D eigenvalue weighted by atomic mass is 35.5. The van der Waals surface area contributed by atoms with Crippen molar-refractivity contribution in [3.8, 4) is 0 Å². The van der Waals surface area contributed by atoms with Gasteiger partial charge in [0.1, 0.15) is 0 Å². The molecule has 0 saturated heterocycles. The molecule has 0 aliphatic rings. The zero-order valence-electron chi connectivity index (χ0n) is 14.8. The fourth-order valence-corrected chi connectivity index (χ4v) is 2.58. The van der Waals surface area contributed by atoms with Crippen molar-refractivity contribution in [2.75, 3.05) is 5.32 Å². The predicted molar refractivity (Wildman–Crippen MR) is 109 cm³/mol. The summed E-state index contributed by atoms with van der Waals surface area (Å²) in [5.74, 6) is 0.113. The molecule has 1 heterocycles. The van der Waals surface area contributed by atoms with E-state index in [-0.39, 0.29) is 5.91 Å². The van der Waals surface area contributed by atoms with Gasteiger partial charge in [-0.25, -0.2) is 4.99 Å². The summed E-state index contributed by atoms with van der Waals surface area (Å²) in [4.78, 5) is 21.1. The van der Waals surface area contributed by atoms with E-state index in [1.165, 1.54) is 0 Å². The first-order valence-corrected chi connectivity index (χ1v) is 8.83. The number of rotatable bonds is 4. The van der Waals surface area contributed by atoms with Crippen molar-refractivity contribution in [1.82, 2.24) is 10.3 Å². The molecule has 2 aromatic carbocycles. The van der Waals surface area contributed by atoms with Crippen LogP contribution < -0.4 is 10.6 Å². The third-order valence-electron chi connectivity index (χ3n) is 3.96. The fraction of sp³-hybridized carbons (Fsp3) is 0.0952. The summed E-state index contributed by atoms with van der Waals surface area (Å²) in [5.41, 5.74) is 3.20. The Balaban J connectivity index is 1.83. The first kappa shape index (κ1) is 18.6. The number of benzene rings is 2. The van der Waals surface area contributed by atoms with Crippen molar-refractivity contribution < 1.29 is 4.79 Å². The third kappa shape index (κ3) is 5.15. The quantitative estimate of drug-likeness (QED) is 0.521. The van der Waals surface area contributed by atoms with Gasteiger partial charge in [-0.3, -0.25) is 15.1 Å². The maximum absolute atomic E-state index is 12.5. The van der Waals surface area contributed by atoms with Crippen LogP contribution in [-0.4, -0.2) is 16.9 Å². The lowest BCUT2D eigenvalue weighted by Gasteiger charge is -2.14. The lowest BCUT2D eigenvalue weighted by Crippen LogP contribution is -2.36. The molecule has 0 saturated carbocycles. The third-order valence-corrected chi connectivity index (χ3v) is 4.37. The Labute approximate surface area is 163 Å². The highest BCUT2D eigenvalue weighted by Crippen LogP contribution is 2.22. The number of carbonyl (C=O) groups is 1. The number of aromatic nitrogens is 1. The molecule has 3 rings (SSSR count). The number of pyridine rings is 1. The van der Waals surface area contributed by atoms with Crippen LogP contribution in [0.15, 0.2) is 78.0 Å². The number of anilines is 1. The molecule has 1 aromatic heterocycles. The minimum atomic E-state index is -0.240. The first-order chi connectivity index (χ1) is 13.1. The zero-order chi connectivity index (χ0) is 19.1. The molecule has 0 atom stereocenters. The second kappa shape index (κ2) is 8.96. The number of guanidine groups is 1. The predicted octanol–water partition coefficient (Wildman–Crippen LogP) is 4.44. The topological polar surface area (TPSA) is 66.4 Å². The van der Waals surface area contributed by atoms with Gasteiger partial charge in [0.15, 0.2) is 0 Å².